The molecule has 1 saturated heterocycles. The molecule has 0 aliphatic carbocycles. The molecule has 0 bridgehead atoms. The average molecular weight is 624 g/mol. The molecule has 1 amide bonds. The Morgan fingerprint density at radius 3 is 2.34 bits per heavy atom. The standard InChI is InChI=1S/C40H37N3O4/c1-27-37(24-43-26-42-35-15-5-6-16-36(35)43)46-40(47-38(27)30-19-17-28(25-44)18-20-30)34-14-8-13-33(22-34)32-12-7-9-29(21-32)23-41-39(45)31-10-3-2-4-11-31/h2-22,26-27,37-38,40,44H,23-25H2,1H3,(H,41,45)/t27-,37+,38+,40+/m0/s1. The Labute approximate surface area is 274 Å². The van der Waals surface area contributed by atoms with Crippen molar-refractivity contribution in [3.63, 3.8) is 0 Å². The van der Waals surface area contributed by atoms with Crippen molar-refractivity contribution in [1.29, 1.82) is 0 Å². The first-order chi connectivity index (χ1) is 23.1. The highest BCUT2D eigenvalue weighted by molar-refractivity contribution is 5.94. The van der Waals surface area contributed by atoms with Crippen LogP contribution in [0.15, 0.2) is 134 Å². The molecule has 7 heteroatoms. The summed E-state index contributed by atoms with van der Waals surface area (Å²) < 4.78 is 15.7. The van der Waals surface area contributed by atoms with Gasteiger partial charge in [0, 0.05) is 23.6 Å². The van der Waals surface area contributed by atoms with E-state index in [0.717, 1.165) is 44.4 Å². The molecule has 1 aliphatic rings. The van der Waals surface area contributed by atoms with Gasteiger partial charge < -0.3 is 24.5 Å². The Hall–Kier alpha value is -5.08. The van der Waals surface area contributed by atoms with Crippen LogP contribution in [-0.4, -0.2) is 26.7 Å². The van der Waals surface area contributed by atoms with Gasteiger partial charge in [0.1, 0.15) is 0 Å². The highest BCUT2D eigenvalue weighted by Crippen LogP contribution is 2.43. The maximum atomic E-state index is 12.6. The molecule has 0 radical (unpaired) electrons. The van der Waals surface area contributed by atoms with Crippen LogP contribution in [0.3, 0.4) is 0 Å². The second-order valence-corrected chi connectivity index (χ2v) is 12.1. The number of aromatic nitrogens is 2. The molecular weight excluding hydrogens is 586 g/mol. The lowest BCUT2D eigenvalue weighted by Gasteiger charge is -2.41. The third-order valence-electron chi connectivity index (χ3n) is 8.94. The molecule has 1 aromatic heterocycles. The third kappa shape index (κ3) is 6.74. The predicted molar refractivity (Wildman–Crippen MR) is 182 cm³/mol. The van der Waals surface area contributed by atoms with Crippen molar-refractivity contribution in [3.8, 4) is 11.1 Å². The van der Waals surface area contributed by atoms with Crippen molar-refractivity contribution in [2.45, 2.75) is 45.1 Å². The molecular formula is C40H37N3O4. The number of fused-ring (bicyclic) bond motifs is 1. The van der Waals surface area contributed by atoms with Crippen LogP contribution in [0.25, 0.3) is 22.2 Å². The van der Waals surface area contributed by atoms with Crippen LogP contribution in [0.5, 0.6) is 0 Å². The maximum Gasteiger partial charge on any atom is 0.251 e. The molecule has 2 heterocycles. The van der Waals surface area contributed by atoms with E-state index in [1.807, 2.05) is 103 Å². The van der Waals surface area contributed by atoms with E-state index in [4.69, 9.17) is 9.47 Å². The number of carbonyl (C=O) groups excluding carboxylic acids is 1. The van der Waals surface area contributed by atoms with Crippen LogP contribution in [0.1, 0.15) is 51.9 Å². The fraction of sp³-hybridized carbons (Fsp3) is 0.200. The molecule has 5 aromatic carbocycles. The number of aliphatic hydroxyl groups excluding tert-OH is 1. The van der Waals surface area contributed by atoms with E-state index >= 15 is 0 Å². The number of carbonyl (C=O) groups is 1. The Balaban J connectivity index is 1.15. The number of amides is 1. The minimum atomic E-state index is -0.596. The predicted octanol–water partition coefficient (Wildman–Crippen LogP) is 7.62. The van der Waals surface area contributed by atoms with Crippen molar-refractivity contribution < 1.29 is 19.4 Å². The number of hydrogen-bond donors (Lipinski definition) is 2. The number of aliphatic hydroxyl groups is 1. The Morgan fingerprint density at radius 1 is 0.787 bits per heavy atom. The lowest BCUT2D eigenvalue weighted by atomic mass is 9.90. The quantitative estimate of drug-likeness (QED) is 0.173. The van der Waals surface area contributed by atoms with Crippen molar-refractivity contribution in [2.24, 2.45) is 5.92 Å². The van der Waals surface area contributed by atoms with E-state index < -0.39 is 6.29 Å². The average Bonchev–Trinajstić information content (AvgIpc) is 3.54. The second kappa shape index (κ2) is 13.7. The molecule has 1 aliphatic heterocycles. The van der Waals surface area contributed by atoms with Gasteiger partial charge in [-0.1, -0.05) is 97.9 Å². The fourth-order valence-electron chi connectivity index (χ4n) is 6.28. The second-order valence-electron chi connectivity index (χ2n) is 12.1. The van der Waals surface area contributed by atoms with Crippen molar-refractivity contribution in [2.75, 3.05) is 0 Å². The van der Waals surface area contributed by atoms with Gasteiger partial charge in [-0.05, 0) is 64.2 Å². The molecule has 47 heavy (non-hydrogen) atoms. The molecule has 7 nitrogen and oxygen atoms in total. The molecule has 236 valence electrons. The van der Waals surface area contributed by atoms with Crippen molar-refractivity contribution in [3.05, 3.63) is 162 Å². The largest absolute Gasteiger partial charge is 0.392 e. The van der Waals surface area contributed by atoms with Gasteiger partial charge in [-0.15, -0.1) is 0 Å². The van der Waals surface area contributed by atoms with E-state index in [1.165, 1.54) is 0 Å². The summed E-state index contributed by atoms with van der Waals surface area (Å²) in [6.07, 6.45) is 0.906. The number of nitrogens with one attached hydrogen (secondary N) is 1. The highest BCUT2D eigenvalue weighted by Gasteiger charge is 2.38. The topological polar surface area (TPSA) is 85.6 Å². The molecule has 0 saturated carbocycles. The van der Waals surface area contributed by atoms with E-state index in [-0.39, 0.29) is 30.6 Å². The summed E-state index contributed by atoms with van der Waals surface area (Å²) in [7, 11) is 0. The molecule has 0 unspecified atom stereocenters. The summed E-state index contributed by atoms with van der Waals surface area (Å²) >= 11 is 0. The number of ether oxygens (including phenoxy) is 2. The van der Waals surface area contributed by atoms with Gasteiger partial charge in [0.15, 0.2) is 6.29 Å². The summed E-state index contributed by atoms with van der Waals surface area (Å²) in [6, 6.07) is 41.8. The van der Waals surface area contributed by atoms with Gasteiger partial charge in [-0.3, -0.25) is 4.79 Å². The van der Waals surface area contributed by atoms with Gasteiger partial charge in [-0.2, -0.15) is 0 Å². The van der Waals surface area contributed by atoms with E-state index in [1.54, 1.807) is 0 Å². The van der Waals surface area contributed by atoms with Gasteiger partial charge in [-0.25, -0.2) is 4.98 Å². The highest BCUT2D eigenvalue weighted by atomic mass is 16.7. The monoisotopic (exact) mass is 623 g/mol. The molecule has 4 atom stereocenters. The van der Waals surface area contributed by atoms with Crippen molar-refractivity contribution >= 4 is 16.9 Å². The van der Waals surface area contributed by atoms with Crippen LogP contribution in [0, 0.1) is 5.92 Å². The van der Waals surface area contributed by atoms with Gasteiger partial charge in [0.05, 0.1) is 42.7 Å². The van der Waals surface area contributed by atoms with E-state index in [9.17, 15) is 9.90 Å². The minimum absolute atomic E-state index is 0.00316. The Morgan fingerprint density at radius 2 is 1.53 bits per heavy atom. The summed E-state index contributed by atoms with van der Waals surface area (Å²) in [5.74, 6) is -0.0593. The van der Waals surface area contributed by atoms with Crippen LogP contribution >= 0.6 is 0 Å². The van der Waals surface area contributed by atoms with Crippen LogP contribution in [0.4, 0.5) is 0 Å². The number of imidazole rings is 1. The SMILES string of the molecule is C[C@H]1[C@@H](Cn2cnc3ccccc32)O[C@@H](c2cccc(-c3cccc(CNC(=O)c4ccccc4)c3)c2)O[C@H]1c1ccc(CO)cc1. The van der Waals surface area contributed by atoms with Crippen LogP contribution < -0.4 is 5.32 Å². The minimum Gasteiger partial charge on any atom is -0.392 e. The van der Waals surface area contributed by atoms with E-state index in [0.29, 0.717) is 18.7 Å². The van der Waals surface area contributed by atoms with Gasteiger partial charge in [0.2, 0.25) is 0 Å². The molecule has 1 fully saturated rings. The zero-order chi connectivity index (χ0) is 32.2. The molecule has 2 N–H and O–H groups in total. The maximum absolute atomic E-state index is 12.6. The summed E-state index contributed by atoms with van der Waals surface area (Å²) in [5, 5.41) is 12.6. The zero-order valence-electron chi connectivity index (χ0n) is 26.2. The van der Waals surface area contributed by atoms with Gasteiger partial charge >= 0.3 is 0 Å². The first kappa shape index (κ1) is 30.6. The normalized spacial score (nSPS) is 19.4. The summed E-state index contributed by atoms with van der Waals surface area (Å²) in [4.78, 5) is 17.2. The molecule has 6 aromatic rings. The molecule has 0 spiro atoms. The zero-order valence-corrected chi connectivity index (χ0v) is 26.2. The summed E-state index contributed by atoms with van der Waals surface area (Å²) in [6.45, 7) is 3.22. The smallest absolute Gasteiger partial charge is 0.251 e. The van der Waals surface area contributed by atoms with Gasteiger partial charge in [0.25, 0.3) is 5.91 Å². The number of para-hydroxylation sites is 2. The number of hydrogen-bond acceptors (Lipinski definition) is 5. The Bertz CT molecular complexity index is 1970. The Kier molecular flexibility index (Phi) is 8.93. The van der Waals surface area contributed by atoms with Crippen LogP contribution in [0.2, 0.25) is 0 Å². The van der Waals surface area contributed by atoms with E-state index in [2.05, 4.69) is 52.1 Å². The number of nitrogens with zero attached hydrogens (tertiary/aromatic N) is 2. The number of benzene rings is 5. The molecule has 7 rings (SSSR count). The number of rotatable bonds is 9. The third-order valence-corrected chi connectivity index (χ3v) is 8.94. The first-order valence-corrected chi connectivity index (χ1v) is 16.0. The lowest BCUT2D eigenvalue weighted by Crippen LogP contribution is -2.39. The first-order valence-electron chi connectivity index (χ1n) is 16.0. The summed E-state index contributed by atoms with van der Waals surface area (Å²) in [5.41, 5.74) is 8.58. The fourth-order valence-corrected chi connectivity index (χ4v) is 6.28. The van der Waals surface area contributed by atoms with Crippen molar-refractivity contribution in [1.82, 2.24) is 14.9 Å². The lowest BCUT2D eigenvalue weighted by molar-refractivity contribution is -0.276. The van der Waals surface area contributed by atoms with Crippen LogP contribution in [-0.2, 0) is 29.2 Å².